The summed E-state index contributed by atoms with van der Waals surface area (Å²) in [6.07, 6.45) is 0. The monoisotopic (exact) mass is 286 g/mol. The van der Waals surface area contributed by atoms with Crippen LogP contribution in [0.25, 0.3) is 0 Å². The maximum atomic E-state index is 11.9. The van der Waals surface area contributed by atoms with Gasteiger partial charge in [0, 0.05) is 11.1 Å². The summed E-state index contributed by atoms with van der Waals surface area (Å²) >= 11 is 0. The Kier molecular flexibility index (Phi) is 6.47. The lowest BCUT2D eigenvalue weighted by atomic mass is 9.92. The molecule has 1 atom stereocenters. The van der Waals surface area contributed by atoms with Crippen LogP contribution in [-0.2, 0) is 4.79 Å². The van der Waals surface area contributed by atoms with Crippen LogP contribution in [0.3, 0.4) is 0 Å². The van der Waals surface area contributed by atoms with E-state index in [2.05, 4.69) is 0 Å². The van der Waals surface area contributed by atoms with Gasteiger partial charge in [0.2, 0.25) is 0 Å². The van der Waals surface area contributed by atoms with Crippen LogP contribution in [0.4, 0.5) is 0 Å². The SMILES string of the molecule is CC.CC.O=C1Oc2ccccc2C1c1ccccc1O. The van der Waals surface area contributed by atoms with Gasteiger partial charge in [-0.3, -0.25) is 4.79 Å². The number of fused-ring (bicyclic) bond motifs is 1. The Balaban J connectivity index is 0.000000510. The number of carbonyl (C=O) groups excluding carboxylic acids is 1. The van der Waals surface area contributed by atoms with E-state index in [1.54, 1.807) is 30.3 Å². The van der Waals surface area contributed by atoms with E-state index in [-0.39, 0.29) is 11.7 Å². The van der Waals surface area contributed by atoms with Crippen molar-refractivity contribution in [3.8, 4) is 11.5 Å². The van der Waals surface area contributed by atoms with Crippen molar-refractivity contribution < 1.29 is 14.6 Å². The fourth-order valence-corrected chi connectivity index (χ4v) is 2.13. The number of benzene rings is 2. The standard InChI is InChI=1S/C14H10O3.2C2H6/c15-11-7-3-1-5-9(11)13-10-6-2-4-8-12(10)17-14(13)16;2*1-2/h1-8,13,15H;2*1-2H3. The number of rotatable bonds is 1. The van der Waals surface area contributed by atoms with Crippen LogP contribution in [0, 0.1) is 0 Å². The van der Waals surface area contributed by atoms with Crippen molar-refractivity contribution in [2.75, 3.05) is 0 Å². The topological polar surface area (TPSA) is 46.5 Å². The van der Waals surface area contributed by atoms with Crippen LogP contribution in [0.1, 0.15) is 44.7 Å². The van der Waals surface area contributed by atoms with E-state index in [1.165, 1.54) is 0 Å². The normalized spacial score (nSPS) is 14.9. The van der Waals surface area contributed by atoms with E-state index in [1.807, 2.05) is 45.9 Å². The van der Waals surface area contributed by atoms with Crippen molar-refractivity contribution in [1.29, 1.82) is 0 Å². The lowest BCUT2D eigenvalue weighted by Crippen LogP contribution is -2.11. The Morgan fingerprint density at radius 1 is 0.857 bits per heavy atom. The van der Waals surface area contributed by atoms with Gasteiger partial charge >= 0.3 is 5.97 Å². The number of ether oxygens (including phenoxy) is 1. The molecule has 112 valence electrons. The first-order chi connectivity index (χ1) is 10.3. The Morgan fingerprint density at radius 2 is 1.38 bits per heavy atom. The van der Waals surface area contributed by atoms with Gasteiger partial charge in [0.1, 0.15) is 17.4 Å². The number of phenols is 1. The Hall–Kier alpha value is -2.29. The molecule has 3 nitrogen and oxygen atoms in total. The molecule has 0 saturated carbocycles. The second kappa shape index (κ2) is 8.10. The number of hydrogen-bond donors (Lipinski definition) is 1. The van der Waals surface area contributed by atoms with E-state index in [0.717, 1.165) is 5.56 Å². The smallest absolute Gasteiger partial charge is 0.323 e. The third-order valence-corrected chi connectivity index (χ3v) is 2.92. The van der Waals surface area contributed by atoms with Crippen LogP contribution in [0.2, 0.25) is 0 Å². The van der Waals surface area contributed by atoms with E-state index in [4.69, 9.17) is 4.74 Å². The lowest BCUT2D eigenvalue weighted by molar-refractivity contribution is -0.133. The zero-order valence-electron chi connectivity index (χ0n) is 13.0. The number of para-hydroxylation sites is 2. The van der Waals surface area contributed by atoms with Gasteiger partial charge in [-0.25, -0.2) is 0 Å². The summed E-state index contributed by atoms with van der Waals surface area (Å²) in [5.74, 6) is -0.169. The van der Waals surface area contributed by atoms with Crippen molar-refractivity contribution >= 4 is 5.97 Å². The Labute approximate surface area is 126 Å². The Morgan fingerprint density at radius 3 is 2.00 bits per heavy atom. The zero-order chi connectivity index (χ0) is 15.8. The fraction of sp³-hybridized carbons (Fsp3) is 0.278. The third kappa shape index (κ3) is 3.43. The summed E-state index contributed by atoms with van der Waals surface area (Å²) in [7, 11) is 0. The summed E-state index contributed by atoms with van der Waals surface area (Å²) in [6, 6.07) is 14.1. The van der Waals surface area contributed by atoms with E-state index < -0.39 is 5.92 Å². The summed E-state index contributed by atoms with van der Waals surface area (Å²) in [4.78, 5) is 11.9. The van der Waals surface area contributed by atoms with E-state index in [9.17, 15) is 9.90 Å². The first kappa shape index (κ1) is 16.8. The highest BCUT2D eigenvalue weighted by atomic mass is 16.5. The van der Waals surface area contributed by atoms with Crippen molar-refractivity contribution in [3.05, 3.63) is 59.7 Å². The number of aromatic hydroxyl groups is 1. The van der Waals surface area contributed by atoms with Gasteiger partial charge in [0.15, 0.2) is 0 Å². The van der Waals surface area contributed by atoms with Crippen LogP contribution >= 0.6 is 0 Å². The predicted octanol–water partition coefficient (Wildman–Crippen LogP) is 4.50. The molecule has 1 aliphatic rings. The van der Waals surface area contributed by atoms with Gasteiger partial charge < -0.3 is 9.84 Å². The Bertz CT molecular complexity index is 591. The maximum Gasteiger partial charge on any atom is 0.323 e. The summed E-state index contributed by atoms with van der Waals surface area (Å²) in [5, 5.41) is 9.81. The molecule has 1 heterocycles. The quantitative estimate of drug-likeness (QED) is 0.620. The average molecular weight is 286 g/mol. The van der Waals surface area contributed by atoms with E-state index in [0.29, 0.717) is 11.3 Å². The molecule has 3 rings (SSSR count). The first-order valence-electron chi connectivity index (χ1n) is 7.36. The number of hydrogen-bond acceptors (Lipinski definition) is 3. The molecule has 0 aromatic heterocycles. The molecule has 21 heavy (non-hydrogen) atoms. The predicted molar refractivity (Wildman–Crippen MR) is 84.7 cm³/mol. The molecule has 0 aliphatic carbocycles. The molecule has 2 aromatic carbocycles. The summed E-state index contributed by atoms with van der Waals surface area (Å²) in [5.41, 5.74) is 1.39. The van der Waals surface area contributed by atoms with Crippen LogP contribution in [0.5, 0.6) is 11.5 Å². The molecular weight excluding hydrogens is 264 g/mol. The number of phenolic OH excluding ortho intramolecular Hbond substituents is 1. The van der Waals surface area contributed by atoms with Gasteiger partial charge in [-0.1, -0.05) is 64.1 Å². The van der Waals surface area contributed by atoms with Crippen molar-refractivity contribution in [2.24, 2.45) is 0 Å². The van der Waals surface area contributed by atoms with Crippen molar-refractivity contribution in [2.45, 2.75) is 33.6 Å². The van der Waals surface area contributed by atoms with E-state index >= 15 is 0 Å². The number of carbonyl (C=O) groups is 1. The molecule has 0 radical (unpaired) electrons. The molecule has 1 aliphatic heterocycles. The number of esters is 1. The fourth-order valence-electron chi connectivity index (χ4n) is 2.13. The second-order valence-electron chi connectivity index (χ2n) is 3.95. The van der Waals surface area contributed by atoms with Gasteiger partial charge in [-0.05, 0) is 12.1 Å². The first-order valence-corrected chi connectivity index (χ1v) is 7.36. The minimum absolute atomic E-state index is 0.117. The average Bonchev–Trinajstić information content (AvgIpc) is 2.88. The summed E-state index contributed by atoms with van der Waals surface area (Å²) in [6.45, 7) is 8.00. The highest BCUT2D eigenvalue weighted by Crippen LogP contribution is 2.41. The minimum atomic E-state index is -0.521. The lowest BCUT2D eigenvalue weighted by Gasteiger charge is -2.09. The molecule has 0 amide bonds. The van der Waals surface area contributed by atoms with Gasteiger partial charge in [0.25, 0.3) is 0 Å². The molecular formula is C18H22O3. The molecule has 2 aromatic rings. The second-order valence-corrected chi connectivity index (χ2v) is 3.95. The molecule has 0 bridgehead atoms. The molecule has 3 heteroatoms. The van der Waals surface area contributed by atoms with Gasteiger partial charge in [-0.2, -0.15) is 0 Å². The van der Waals surface area contributed by atoms with Crippen LogP contribution in [0.15, 0.2) is 48.5 Å². The molecule has 0 saturated heterocycles. The van der Waals surface area contributed by atoms with Crippen molar-refractivity contribution in [1.82, 2.24) is 0 Å². The maximum absolute atomic E-state index is 11.9. The van der Waals surface area contributed by atoms with Crippen LogP contribution < -0.4 is 4.74 Å². The van der Waals surface area contributed by atoms with Crippen LogP contribution in [-0.4, -0.2) is 11.1 Å². The summed E-state index contributed by atoms with van der Waals surface area (Å²) < 4.78 is 5.18. The molecule has 1 unspecified atom stereocenters. The zero-order valence-corrected chi connectivity index (χ0v) is 13.0. The molecule has 0 spiro atoms. The third-order valence-electron chi connectivity index (χ3n) is 2.92. The highest BCUT2D eigenvalue weighted by molar-refractivity contribution is 5.90. The van der Waals surface area contributed by atoms with Crippen molar-refractivity contribution in [3.63, 3.8) is 0 Å². The van der Waals surface area contributed by atoms with Gasteiger partial charge in [0.05, 0.1) is 0 Å². The molecule has 1 N–H and O–H groups in total. The molecule has 0 fully saturated rings. The highest BCUT2D eigenvalue weighted by Gasteiger charge is 2.35. The largest absolute Gasteiger partial charge is 0.508 e. The minimum Gasteiger partial charge on any atom is -0.508 e. The van der Waals surface area contributed by atoms with Gasteiger partial charge in [-0.15, -0.1) is 0 Å².